The van der Waals surface area contributed by atoms with Crippen LogP contribution in [0.5, 0.6) is 11.5 Å². The molecular formula is C14H15NO5. The van der Waals surface area contributed by atoms with Gasteiger partial charge in [-0.05, 0) is 30.5 Å². The van der Waals surface area contributed by atoms with E-state index in [1.54, 1.807) is 18.2 Å². The number of aliphatic carboxylic acids is 1. The van der Waals surface area contributed by atoms with Crippen LogP contribution in [0.15, 0.2) is 18.2 Å². The van der Waals surface area contributed by atoms with Crippen LogP contribution < -0.4 is 9.47 Å². The van der Waals surface area contributed by atoms with Crippen molar-refractivity contribution in [2.45, 2.75) is 19.4 Å². The second kappa shape index (κ2) is 4.70. The summed E-state index contributed by atoms with van der Waals surface area (Å²) in [6.45, 7) is 2.46. The molecule has 2 aliphatic rings. The molecule has 1 saturated heterocycles. The van der Waals surface area contributed by atoms with E-state index in [9.17, 15) is 14.7 Å². The fraction of sp³-hybridized carbons (Fsp3) is 0.429. The molecule has 1 N–H and O–H groups in total. The Balaban J connectivity index is 1.87. The Kier molecular flexibility index (Phi) is 3.00. The monoisotopic (exact) mass is 277 g/mol. The minimum Gasteiger partial charge on any atom is -0.480 e. The van der Waals surface area contributed by atoms with E-state index in [0.717, 1.165) is 0 Å². The number of fused-ring (bicyclic) bond motifs is 1. The lowest BCUT2D eigenvalue weighted by molar-refractivity contribution is -0.142. The third kappa shape index (κ3) is 1.97. The highest BCUT2D eigenvalue weighted by molar-refractivity contribution is 5.97. The smallest absolute Gasteiger partial charge is 0.326 e. The molecule has 0 saturated carbocycles. The van der Waals surface area contributed by atoms with Crippen LogP contribution in [0.1, 0.15) is 23.7 Å². The summed E-state index contributed by atoms with van der Waals surface area (Å²) in [5.74, 6) is -0.143. The number of carbonyl (C=O) groups is 2. The molecule has 2 atom stereocenters. The molecule has 2 heterocycles. The minimum absolute atomic E-state index is 0.0366. The van der Waals surface area contributed by atoms with Crippen molar-refractivity contribution in [1.29, 1.82) is 0 Å². The summed E-state index contributed by atoms with van der Waals surface area (Å²) in [6, 6.07) is 4.16. The summed E-state index contributed by atoms with van der Waals surface area (Å²) < 4.78 is 10.4. The lowest BCUT2D eigenvalue weighted by atomic mass is 10.0. The van der Waals surface area contributed by atoms with E-state index in [1.165, 1.54) is 4.90 Å². The first kappa shape index (κ1) is 12.8. The maximum absolute atomic E-state index is 12.5. The lowest BCUT2D eigenvalue weighted by Crippen LogP contribution is -2.42. The zero-order valence-corrected chi connectivity index (χ0v) is 11.0. The average molecular weight is 277 g/mol. The molecular weight excluding hydrogens is 262 g/mol. The summed E-state index contributed by atoms with van der Waals surface area (Å²) in [7, 11) is 0. The zero-order valence-electron chi connectivity index (χ0n) is 11.0. The third-order valence-corrected chi connectivity index (χ3v) is 3.83. The van der Waals surface area contributed by atoms with Crippen LogP contribution in [0.4, 0.5) is 0 Å². The second-order valence-electron chi connectivity index (χ2n) is 5.12. The van der Waals surface area contributed by atoms with E-state index >= 15 is 0 Å². The summed E-state index contributed by atoms with van der Waals surface area (Å²) in [5.41, 5.74) is 0.426. The van der Waals surface area contributed by atoms with Gasteiger partial charge in [0, 0.05) is 12.1 Å². The Morgan fingerprint density at radius 3 is 2.80 bits per heavy atom. The molecule has 0 radical (unpaired) electrons. The predicted molar refractivity (Wildman–Crippen MR) is 68.8 cm³/mol. The topological polar surface area (TPSA) is 76.1 Å². The molecule has 2 aliphatic heterocycles. The summed E-state index contributed by atoms with van der Waals surface area (Å²) >= 11 is 0. The molecule has 0 aromatic heterocycles. The number of carboxylic acids is 1. The fourth-order valence-electron chi connectivity index (χ4n) is 2.75. The largest absolute Gasteiger partial charge is 0.480 e. The van der Waals surface area contributed by atoms with Gasteiger partial charge in [-0.3, -0.25) is 4.79 Å². The molecule has 1 aromatic carbocycles. The lowest BCUT2D eigenvalue weighted by Gasteiger charge is -2.23. The molecule has 106 valence electrons. The van der Waals surface area contributed by atoms with Crippen LogP contribution in [0.2, 0.25) is 0 Å². The molecule has 6 nitrogen and oxygen atoms in total. The average Bonchev–Trinajstić information content (AvgIpc) is 3.02. The number of carboxylic acid groups (broad SMARTS) is 1. The number of rotatable bonds is 2. The summed E-state index contributed by atoms with van der Waals surface area (Å²) in [5, 5.41) is 9.27. The number of likely N-dealkylation sites (tertiary alicyclic amines) is 1. The van der Waals surface area contributed by atoms with Gasteiger partial charge < -0.3 is 19.5 Å². The Morgan fingerprint density at radius 2 is 2.05 bits per heavy atom. The Labute approximate surface area is 115 Å². The van der Waals surface area contributed by atoms with Crippen LogP contribution >= 0.6 is 0 Å². The molecule has 20 heavy (non-hydrogen) atoms. The minimum atomic E-state index is -0.955. The fourth-order valence-corrected chi connectivity index (χ4v) is 2.75. The molecule has 1 aromatic rings. The highest BCUT2D eigenvalue weighted by Crippen LogP contribution is 2.34. The van der Waals surface area contributed by atoms with Gasteiger partial charge in [0.15, 0.2) is 11.5 Å². The summed E-state index contributed by atoms with van der Waals surface area (Å²) in [6.07, 6.45) is 0.702. The Bertz CT molecular complexity index is 571. The van der Waals surface area contributed by atoms with E-state index in [2.05, 4.69) is 0 Å². The number of benzene rings is 1. The van der Waals surface area contributed by atoms with Crippen molar-refractivity contribution >= 4 is 11.9 Å². The van der Waals surface area contributed by atoms with Crippen molar-refractivity contribution in [1.82, 2.24) is 4.90 Å². The number of ether oxygens (including phenoxy) is 2. The second-order valence-corrected chi connectivity index (χ2v) is 5.12. The van der Waals surface area contributed by atoms with Crippen LogP contribution in [-0.4, -0.2) is 41.3 Å². The molecule has 0 aliphatic carbocycles. The predicted octanol–water partition coefficient (Wildman–Crippen LogP) is 1.35. The van der Waals surface area contributed by atoms with Crippen molar-refractivity contribution in [3.63, 3.8) is 0 Å². The van der Waals surface area contributed by atoms with Crippen LogP contribution in [0, 0.1) is 5.92 Å². The van der Waals surface area contributed by atoms with Gasteiger partial charge in [-0.2, -0.15) is 0 Å². The summed E-state index contributed by atoms with van der Waals surface area (Å²) in [4.78, 5) is 25.2. The highest BCUT2D eigenvalue weighted by Gasteiger charge is 2.39. The normalized spacial score (nSPS) is 23.9. The van der Waals surface area contributed by atoms with Gasteiger partial charge >= 0.3 is 5.97 Å². The molecule has 0 bridgehead atoms. The van der Waals surface area contributed by atoms with Crippen molar-refractivity contribution in [2.24, 2.45) is 5.92 Å². The van der Waals surface area contributed by atoms with Gasteiger partial charge in [0.25, 0.3) is 5.91 Å². The van der Waals surface area contributed by atoms with Gasteiger partial charge in [-0.25, -0.2) is 4.79 Å². The first-order valence-electron chi connectivity index (χ1n) is 6.51. The maximum atomic E-state index is 12.5. The van der Waals surface area contributed by atoms with Crippen molar-refractivity contribution in [3.05, 3.63) is 23.8 Å². The molecule has 2 unspecified atom stereocenters. The molecule has 1 amide bonds. The number of hydrogen-bond acceptors (Lipinski definition) is 4. The highest BCUT2D eigenvalue weighted by atomic mass is 16.7. The van der Waals surface area contributed by atoms with Crippen molar-refractivity contribution in [2.75, 3.05) is 13.3 Å². The zero-order chi connectivity index (χ0) is 14.3. The number of nitrogens with zero attached hydrogens (tertiary/aromatic N) is 1. The van der Waals surface area contributed by atoms with Gasteiger partial charge in [-0.1, -0.05) is 6.92 Å². The Morgan fingerprint density at radius 1 is 1.30 bits per heavy atom. The first-order valence-corrected chi connectivity index (χ1v) is 6.51. The van der Waals surface area contributed by atoms with Gasteiger partial charge in [0.1, 0.15) is 6.04 Å². The number of hydrogen-bond donors (Lipinski definition) is 1. The van der Waals surface area contributed by atoms with E-state index < -0.39 is 12.0 Å². The molecule has 3 rings (SSSR count). The number of amides is 1. The first-order chi connectivity index (χ1) is 9.58. The molecule has 6 heteroatoms. The molecule has 0 spiro atoms. The van der Waals surface area contributed by atoms with Gasteiger partial charge in [-0.15, -0.1) is 0 Å². The van der Waals surface area contributed by atoms with Crippen LogP contribution in [0.25, 0.3) is 0 Å². The van der Waals surface area contributed by atoms with E-state index in [4.69, 9.17) is 9.47 Å². The van der Waals surface area contributed by atoms with E-state index in [0.29, 0.717) is 30.0 Å². The quantitative estimate of drug-likeness (QED) is 0.883. The van der Waals surface area contributed by atoms with Crippen molar-refractivity contribution in [3.8, 4) is 11.5 Å². The third-order valence-electron chi connectivity index (χ3n) is 3.83. The Hall–Kier alpha value is -2.24. The number of carbonyl (C=O) groups excluding carboxylic acids is 1. The van der Waals surface area contributed by atoms with Gasteiger partial charge in [0.05, 0.1) is 0 Å². The molecule has 1 fully saturated rings. The van der Waals surface area contributed by atoms with Crippen molar-refractivity contribution < 1.29 is 24.2 Å². The van der Waals surface area contributed by atoms with E-state index in [-0.39, 0.29) is 18.6 Å². The van der Waals surface area contributed by atoms with Crippen LogP contribution in [-0.2, 0) is 4.79 Å². The van der Waals surface area contributed by atoms with Crippen LogP contribution in [0.3, 0.4) is 0 Å². The standard InChI is InChI=1S/C14H15NO5/c1-8-4-5-15(12(8)14(17)18)13(16)9-2-3-10-11(6-9)20-7-19-10/h2-3,6,8,12H,4-5,7H2,1H3,(H,17,18). The van der Waals surface area contributed by atoms with Gasteiger partial charge in [0.2, 0.25) is 6.79 Å². The SMILES string of the molecule is CC1CCN(C(=O)c2ccc3c(c2)OCO3)C1C(=O)O. The van der Waals surface area contributed by atoms with E-state index in [1.807, 2.05) is 6.92 Å². The maximum Gasteiger partial charge on any atom is 0.326 e.